The first-order chi connectivity index (χ1) is 10.9. The van der Waals surface area contributed by atoms with Gasteiger partial charge in [0, 0.05) is 19.5 Å². The van der Waals surface area contributed by atoms with Crippen LogP contribution in [0.2, 0.25) is 0 Å². The molecule has 0 N–H and O–H groups in total. The van der Waals surface area contributed by atoms with Crippen LogP contribution < -0.4 is 4.90 Å². The third kappa shape index (κ3) is 2.76. The van der Waals surface area contributed by atoms with Crippen LogP contribution in [0.15, 0.2) is 41.5 Å². The van der Waals surface area contributed by atoms with E-state index in [4.69, 9.17) is 0 Å². The van der Waals surface area contributed by atoms with Gasteiger partial charge in [0.1, 0.15) is 0 Å². The minimum Gasteiger partial charge on any atom is -0.357 e. The third-order valence-electron chi connectivity index (χ3n) is 4.73. The lowest BCUT2D eigenvalue weighted by Gasteiger charge is -2.41. The Morgan fingerprint density at radius 1 is 1.22 bits per heavy atom. The van der Waals surface area contributed by atoms with Crippen molar-refractivity contribution in [1.82, 2.24) is 4.98 Å². The first kappa shape index (κ1) is 15.7. The molecular weight excluding hydrogens is 282 g/mol. The predicted molar refractivity (Wildman–Crippen MR) is 97.9 cm³/mol. The first-order valence-corrected chi connectivity index (χ1v) is 8.26. The molecule has 0 fully saturated rings. The average Bonchev–Trinajstić information content (AvgIpc) is 2.51. The number of fused-ring (bicyclic) bond motifs is 1. The molecule has 2 aromatic rings. The third-order valence-corrected chi connectivity index (χ3v) is 4.73. The number of aromatic nitrogens is 1. The lowest BCUT2D eigenvalue weighted by Crippen LogP contribution is -2.45. The Balaban J connectivity index is 2.06. The fourth-order valence-electron chi connectivity index (χ4n) is 3.33. The zero-order valence-corrected chi connectivity index (χ0v) is 14.7. The molecule has 0 amide bonds. The summed E-state index contributed by atoms with van der Waals surface area (Å²) in [5.74, 6) is 1.43. The summed E-state index contributed by atoms with van der Waals surface area (Å²) in [6.07, 6.45) is 5.02. The van der Waals surface area contributed by atoms with Gasteiger partial charge in [-0.1, -0.05) is 38.1 Å². The van der Waals surface area contributed by atoms with Gasteiger partial charge in [-0.3, -0.25) is 0 Å². The number of anilines is 1. The van der Waals surface area contributed by atoms with Gasteiger partial charge in [0.2, 0.25) is 0 Å². The molecule has 0 bridgehead atoms. The molecule has 1 atom stereocenters. The molecule has 3 nitrogen and oxygen atoms in total. The highest BCUT2D eigenvalue weighted by molar-refractivity contribution is 5.87. The molecule has 0 spiro atoms. The molecule has 3 rings (SSSR count). The van der Waals surface area contributed by atoms with E-state index in [-0.39, 0.29) is 5.54 Å². The molecule has 23 heavy (non-hydrogen) atoms. The Morgan fingerprint density at radius 3 is 2.65 bits per heavy atom. The van der Waals surface area contributed by atoms with Gasteiger partial charge in [0.25, 0.3) is 0 Å². The minimum absolute atomic E-state index is 0.253. The van der Waals surface area contributed by atoms with E-state index in [0.29, 0.717) is 5.92 Å². The second-order valence-electron chi connectivity index (χ2n) is 7.06. The van der Waals surface area contributed by atoms with Crippen molar-refractivity contribution in [3.8, 4) is 0 Å². The molecule has 1 aromatic carbocycles. The maximum Gasteiger partial charge on any atom is 0.175 e. The summed E-state index contributed by atoms with van der Waals surface area (Å²) in [4.78, 5) is 11.5. The summed E-state index contributed by atoms with van der Waals surface area (Å²) >= 11 is 0. The molecule has 1 aliphatic rings. The van der Waals surface area contributed by atoms with Gasteiger partial charge in [0.15, 0.2) is 5.82 Å². The van der Waals surface area contributed by atoms with Crippen LogP contribution in [0.3, 0.4) is 0 Å². The Morgan fingerprint density at radius 2 is 1.96 bits per heavy atom. The lowest BCUT2D eigenvalue weighted by atomic mass is 9.86. The van der Waals surface area contributed by atoms with Crippen LogP contribution in [0, 0.1) is 12.8 Å². The quantitative estimate of drug-likeness (QED) is 0.825. The van der Waals surface area contributed by atoms with Crippen molar-refractivity contribution >= 4 is 17.7 Å². The number of benzene rings is 1. The number of hydrogen-bond acceptors (Lipinski definition) is 3. The molecule has 120 valence electrons. The van der Waals surface area contributed by atoms with E-state index >= 15 is 0 Å². The van der Waals surface area contributed by atoms with Crippen molar-refractivity contribution in [2.24, 2.45) is 10.9 Å². The van der Waals surface area contributed by atoms with Gasteiger partial charge in [-0.15, -0.1) is 0 Å². The molecule has 1 aromatic heterocycles. The fraction of sp³-hybridized carbons (Fsp3) is 0.400. The van der Waals surface area contributed by atoms with Crippen LogP contribution >= 0.6 is 0 Å². The smallest absolute Gasteiger partial charge is 0.175 e. The Labute approximate surface area is 139 Å². The lowest BCUT2D eigenvalue weighted by molar-refractivity contribution is 0.617. The summed E-state index contributed by atoms with van der Waals surface area (Å²) in [7, 11) is 2.14. The van der Waals surface area contributed by atoms with Gasteiger partial charge in [-0.05, 0) is 48.9 Å². The molecule has 2 heterocycles. The molecule has 0 radical (unpaired) electrons. The Hall–Kier alpha value is -2.16. The minimum atomic E-state index is -0.253. The van der Waals surface area contributed by atoms with Gasteiger partial charge >= 0.3 is 0 Å². The van der Waals surface area contributed by atoms with Crippen molar-refractivity contribution in [2.45, 2.75) is 39.7 Å². The topological polar surface area (TPSA) is 28.5 Å². The maximum atomic E-state index is 4.66. The molecule has 0 saturated carbocycles. The molecule has 3 heteroatoms. The SMILES string of the molecule is Cc1ccccc1C1(C)C=Nc2ncc(CC(C)C)cc2N1C. The van der Waals surface area contributed by atoms with E-state index in [1.807, 2.05) is 12.4 Å². The van der Waals surface area contributed by atoms with E-state index in [1.54, 1.807) is 0 Å². The van der Waals surface area contributed by atoms with Gasteiger partial charge in [-0.25, -0.2) is 9.98 Å². The summed E-state index contributed by atoms with van der Waals surface area (Å²) in [6, 6.07) is 10.8. The van der Waals surface area contributed by atoms with Crippen LogP contribution in [0.5, 0.6) is 0 Å². The van der Waals surface area contributed by atoms with Crippen LogP contribution in [-0.4, -0.2) is 18.2 Å². The number of pyridine rings is 1. The largest absolute Gasteiger partial charge is 0.357 e. The van der Waals surface area contributed by atoms with Gasteiger partial charge in [0.05, 0.1) is 11.2 Å². The molecule has 0 saturated heterocycles. The number of aryl methyl sites for hydroxylation is 1. The molecule has 1 unspecified atom stereocenters. The molecule has 1 aliphatic heterocycles. The number of rotatable bonds is 3. The predicted octanol–water partition coefficient (Wildman–Crippen LogP) is 4.66. The van der Waals surface area contributed by atoms with E-state index < -0.39 is 0 Å². The summed E-state index contributed by atoms with van der Waals surface area (Å²) in [5, 5.41) is 0. The Bertz CT molecular complexity index is 748. The maximum absolute atomic E-state index is 4.66. The highest BCUT2D eigenvalue weighted by atomic mass is 15.2. The number of aliphatic imine (C=N–C) groups is 1. The van der Waals surface area contributed by atoms with Crippen LogP contribution in [0.1, 0.15) is 37.5 Å². The average molecular weight is 307 g/mol. The molecule has 0 aliphatic carbocycles. The standard InChI is InChI=1S/C20H25N3/c1-14(2)10-16-11-18-19(21-12-16)22-13-20(4,23(18)5)17-9-7-6-8-15(17)3/h6-9,11-14H,10H2,1-5H3. The molecular formula is C20H25N3. The second-order valence-corrected chi connectivity index (χ2v) is 7.06. The highest BCUT2D eigenvalue weighted by Gasteiger charge is 2.35. The summed E-state index contributed by atoms with van der Waals surface area (Å²) < 4.78 is 0. The van der Waals surface area contributed by atoms with Crippen molar-refractivity contribution < 1.29 is 0 Å². The van der Waals surface area contributed by atoms with E-state index in [0.717, 1.165) is 17.9 Å². The summed E-state index contributed by atoms with van der Waals surface area (Å²) in [6.45, 7) is 8.85. The Kier molecular flexibility index (Phi) is 3.97. The van der Waals surface area contributed by atoms with Gasteiger partial charge in [-0.2, -0.15) is 0 Å². The zero-order valence-electron chi connectivity index (χ0n) is 14.7. The first-order valence-electron chi connectivity index (χ1n) is 8.26. The fourth-order valence-corrected chi connectivity index (χ4v) is 3.33. The van der Waals surface area contributed by atoms with Crippen LogP contribution in [0.4, 0.5) is 11.5 Å². The number of hydrogen-bond donors (Lipinski definition) is 0. The van der Waals surface area contributed by atoms with E-state index in [1.165, 1.54) is 16.7 Å². The van der Waals surface area contributed by atoms with Crippen molar-refractivity contribution in [2.75, 3.05) is 11.9 Å². The van der Waals surface area contributed by atoms with Crippen LogP contribution in [0.25, 0.3) is 0 Å². The van der Waals surface area contributed by atoms with Gasteiger partial charge < -0.3 is 4.90 Å². The zero-order chi connectivity index (χ0) is 16.6. The highest BCUT2D eigenvalue weighted by Crippen LogP contribution is 2.40. The van der Waals surface area contributed by atoms with Crippen LogP contribution in [-0.2, 0) is 12.0 Å². The number of nitrogens with zero attached hydrogens (tertiary/aromatic N) is 3. The van der Waals surface area contributed by atoms with E-state index in [9.17, 15) is 0 Å². The second kappa shape index (κ2) is 5.80. The van der Waals surface area contributed by atoms with Crippen molar-refractivity contribution in [3.63, 3.8) is 0 Å². The van der Waals surface area contributed by atoms with E-state index in [2.05, 4.69) is 80.0 Å². The monoisotopic (exact) mass is 307 g/mol. The van der Waals surface area contributed by atoms with Crippen molar-refractivity contribution in [1.29, 1.82) is 0 Å². The summed E-state index contributed by atoms with van der Waals surface area (Å²) in [5.41, 5.74) is 4.69. The van der Waals surface area contributed by atoms with Crippen molar-refractivity contribution in [3.05, 3.63) is 53.2 Å². The normalized spacial score (nSPS) is 20.0.